The van der Waals surface area contributed by atoms with Gasteiger partial charge in [-0.1, -0.05) is 11.3 Å². The summed E-state index contributed by atoms with van der Waals surface area (Å²) in [5.41, 5.74) is 2.43. The van der Waals surface area contributed by atoms with Crippen molar-refractivity contribution in [2.75, 3.05) is 0 Å². The SMILES string of the molecule is C[C@H]1OB(O)c2ccc(F)cc21.Cc1nc(Br)c(Cc2cn(CC3CC3)nn2)s1. The molecule has 1 fully saturated rings. The number of aryl methyl sites for hydroxylation is 1. The smallest absolute Gasteiger partial charge is 0.423 e. The molecule has 1 aliphatic carbocycles. The maximum absolute atomic E-state index is 12.7. The quantitative estimate of drug-likeness (QED) is 0.581. The zero-order chi connectivity index (χ0) is 20.5. The first-order chi connectivity index (χ1) is 13.9. The minimum atomic E-state index is -0.893. The first-order valence-electron chi connectivity index (χ1n) is 9.52. The normalized spacial score (nSPS) is 17.8. The van der Waals surface area contributed by atoms with Crippen LogP contribution in [0.25, 0.3) is 0 Å². The van der Waals surface area contributed by atoms with Gasteiger partial charge in [0.15, 0.2) is 0 Å². The number of halogens is 2. The molecule has 1 saturated carbocycles. The molecular weight excluding hydrogens is 458 g/mol. The molecule has 1 aliphatic heterocycles. The van der Waals surface area contributed by atoms with Gasteiger partial charge in [-0.15, -0.1) is 16.4 Å². The van der Waals surface area contributed by atoms with Gasteiger partial charge >= 0.3 is 7.12 Å². The van der Waals surface area contributed by atoms with Crippen LogP contribution < -0.4 is 5.46 Å². The summed E-state index contributed by atoms with van der Waals surface area (Å²) in [6.07, 6.45) is 5.34. The second-order valence-corrected chi connectivity index (χ2v) is 9.44. The highest BCUT2D eigenvalue weighted by atomic mass is 79.9. The molecule has 6 nitrogen and oxygen atoms in total. The standard InChI is InChI=1S/C11H13BrN4S.C8H8BFO2/c1-7-13-11(12)10(17-7)4-9-6-16(15-14-9)5-8-2-3-8;1-5-7-4-6(10)2-3-8(7)9(11)12-5/h6,8H,2-5H2,1H3;2-5,11H,1H3/t;5-/m.1/s1. The Hall–Kier alpha value is -1.62. The zero-order valence-corrected chi connectivity index (χ0v) is 18.6. The molecule has 0 bridgehead atoms. The van der Waals surface area contributed by atoms with Gasteiger partial charge in [-0.3, -0.25) is 4.68 Å². The van der Waals surface area contributed by atoms with Crippen LogP contribution in [0.2, 0.25) is 0 Å². The summed E-state index contributed by atoms with van der Waals surface area (Å²) in [4.78, 5) is 5.58. The van der Waals surface area contributed by atoms with E-state index in [0.29, 0.717) is 5.46 Å². The summed E-state index contributed by atoms with van der Waals surface area (Å²) >= 11 is 5.19. The summed E-state index contributed by atoms with van der Waals surface area (Å²) in [7, 11) is -0.893. The summed E-state index contributed by atoms with van der Waals surface area (Å²) in [5, 5.41) is 18.8. The lowest BCUT2D eigenvalue weighted by molar-refractivity contribution is 0.208. The molecule has 1 N–H and O–H groups in total. The third-order valence-electron chi connectivity index (χ3n) is 4.91. The molecular formula is C19H21BBrFN4O2S. The maximum Gasteiger partial charge on any atom is 0.491 e. The largest absolute Gasteiger partial charge is 0.491 e. The monoisotopic (exact) mass is 478 g/mol. The zero-order valence-electron chi connectivity index (χ0n) is 16.2. The van der Waals surface area contributed by atoms with Gasteiger partial charge in [0.25, 0.3) is 0 Å². The van der Waals surface area contributed by atoms with Crippen molar-refractivity contribution in [1.29, 1.82) is 0 Å². The number of hydrogen-bond acceptors (Lipinski definition) is 6. The first-order valence-corrected chi connectivity index (χ1v) is 11.1. The first kappa shape index (κ1) is 20.6. The molecule has 0 amide bonds. The van der Waals surface area contributed by atoms with E-state index in [1.807, 2.05) is 11.6 Å². The van der Waals surface area contributed by atoms with Gasteiger partial charge in [0.05, 0.1) is 16.8 Å². The molecule has 2 aromatic heterocycles. The molecule has 0 saturated heterocycles. The Balaban J connectivity index is 0.000000150. The van der Waals surface area contributed by atoms with E-state index < -0.39 is 7.12 Å². The molecule has 1 aromatic carbocycles. The van der Waals surface area contributed by atoms with E-state index in [0.717, 1.165) is 39.8 Å². The highest BCUT2D eigenvalue weighted by Gasteiger charge is 2.32. The molecule has 152 valence electrons. The van der Waals surface area contributed by atoms with Crippen molar-refractivity contribution < 1.29 is 14.1 Å². The van der Waals surface area contributed by atoms with E-state index in [9.17, 15) is 9.41 Å². The van der Waals surface area contributed by atoms with Crippen molar-refractivity contribution in [3.8, 4) is 0 Å². The molecule has 29 heavy (non-hydrogen) atoms. The number of benzene rings is 1. The topological polar surface area (TPSA) is 73.1 Å². The van der Waals surface area contributed by atoms with Crippen LogP contribution in [-0.4, -0.2) is 32.1 Å². The van der Waals surface area contributed by atoms with Gasteiger partial charge in [-0.05, 0) is 71.7 Å². The Labute approximate surface area is 181 Å². The van der Waals surface area contributed by atoms with Crippen LogP contribution in [-0.2, 0) is 17.6 Å². The molecule has 10 heteroatoms. The highest BCUT2D eigenvalue weighted by molar-refractivity contribution is 9.10. The van der Waals surface area contributed by atoms with Gasteiger partial charge in [-0.25, -0.2) is 9.37 Å². The lowest BCUT2D eigenvalue weighted by atomic mass is 9.79. The van der Waals surface area contributed by atoms with Crippen LogP contribution in [0.5, 0.6) is 0 Å². The van der Waals surface area contributed by atoms with Crippen molar-refractivity contribution in [2.24, 2.45) is 5.92 Å². The second-order valence-electron chi connectivity index (χ2n) is 7.40. The van der Waals surface area contributed by atoms with Crippen molar-refractivity contribution in [1.82, 2.24) is 20.0 Å². The van der Waals surface area contributed by atoms with E-state index in [4.69, 9.17) is 4.65 Å². The van der Waals surface area contributed by atoms with Crippen LogP contribution in [0, 0.1) is 18.7 Å². The molecule has 2 aliphatic rings. The van der Waals surface area contributed by atoms with Crippen LogP contribution >= 0.6 is 27.3 Å². The van der Waals surface area contributed by atoms with E-state index in [-0.39, 0.29) is 11.9 Å². The number of nitrogens with zero attached hydrogens (tertiary/aromatic N) is 4. The van der Waals surface area contributed by atoms with Crippen molar-refractivity contribution in [3.05, 3.63) is 56.0 Å². The Bertz CT molecular complexity index is 1010. The third kappa shape index (κ3) is 5.11. The molecule has 5 rings (SSSR count). The van der Waals surface area contributed by atoms with Crippen LogP contribution in [0.1, 0.15) is 47.0 Å². The van der Waals surface area contributed by atoms with Crippen molar-refractivity contribution in [2.45, 2.75) is 45.8 Å². The Morgan fingerprint density at radius 1 is 1.41 bits per heavy atom. The predicted octanol–water partition coefficient (Wildman–Crippen LogP) is 3.41. The molecule has 3 aromatic rings. The minimum Gasteiger partial charge on any atom is -0.423 e. The summed E-state index contributed by atoms with van der Waals surface area (Å²) in [6, 6.07) is 4.28. The Morgan fingerprint density at radius 2 is 2.21 bits per heavy atom. The van der Waals surface area contributed by atoms with Crippen LogP contribution in [0.3, 0.4) is 0 Å². The Morgan fingerprint density at radius 3 is 2.90 bits per heavy atom. The van der Waals surface area contributed by atoms with Gasteiger partial charge in [0.2, 0.25) is 0 Å². The number of aromatic nitrogens is 4. The fourth-order valence-electron chi connectivity index (χ4n) is 3.25. The van der Waals surface area contributed by atoms with E-state index in [1.165, 1.54) is 29.9 Å². The maximum atomic E-state index is 12.7. The highest BCUT2D eigenvalue weighted by Crippen LogP contribution is 2.30. The van der Waals surface area contributed by atoms with Crippen LogP contribution in [0.4, 0.5) is 4.39 Å². The summed E-state index contributed by atoms with van der Waals surface area (Å²) in [5.74, 6) is 0.542. The number of thiazole rings is 1. The fraction of sp³-hybridized carbons (Fsp3) is 0.421. The predicted molar refractivity (Wildman–Crippen MR) is 114 cm³/mol. The minimum absolute atomic E-state index is 0.217. The summed E-state index contributed by atoms with van der Waals surface area (Å²) in [6.45, 7) is 4.83. The molecule has 0 unspecified atom stereocenters. The molecule has 1 atom stereocenters. The van der Waals surface area contributed by atoms with E-state index in [2.05, 4.69) is 37.4 Å². The second kappa shape index (κ2) is 8.63. The summed E-state index contributed by atoms with van der Waals surface area (Å²) < 4.78 is 20.7. The van der Waals surface area contributed by atoms with Gasteiger partial charge in [0.1, 0.15) is 10.4 Å². The molecule has 0 radical (unpaired) electrons. The van der Waals surface area contributed by atoms with Crippen molar-refractivity contribution >= 4 is 39.8 Å². The molecule has 0 spiro atoms. The van der Waals surface area contributed by atoms with Gasteiger partial charge in [-0.2, -0.15) is 0 Å². The molecule has 3 heterocycles. The van der Waals surface area contributed by atoms with E-state index >= 15 is 0 Å². The number of fused-ring (bicyclic) bond motifs is 1. The number of rotatable bonds is 4. The average Bonchev–Trinajstić information content (AvgIpc) is 3.18. The number of hydrogen-bond donors (Lipinski definition) is 1. The van der Waals surface area contributed by atoms with Crippen LogP contribution in [0.15, 0.2) is 29.0 Å². The lowest BCUT2D eigenvalue weighted by Gasteiger charge is -2.02. The van der Waals surface area contributed by atoms with Crippen molar-refractivity contribution in [3.63, 3.8) is 0 Å². The van der Waals surface area contributed by atoms with Gasteiger partial charge < -0.3 is 9.68 Å². The van der Waals surface area contributed by atoms with E-state index in [1.54, 1.807) is 24.3 Å². The average molecular weight is 479 g/mol. The fourth-order valence-corrected chi connectivity index (χ4v) is 4.86. The third-order valence-corrected chi connectivity index (χ3v) is 6.80. The van der Waals surface area contributed by atoms with Gasteiger partial charge in [0, 0.05) is 24.0 Å². The lowest BCUT2D eigenvalue weighted by Crippen LogP contribution is -2.27. The Kier molecular flexibility index (Phi) is 6.15.